The van der Waals surface area contributed by atoms with Crippen molar-refractivity contribution in [1.29, 1.82) is 10.5 Å². The molecular weight excluding hydrogens is 619 g/mol. The number of nitriles is 2. The highest BCUT2D eigenvalue weighted by atomic mass is 32.2. The van der Waals surface area contributed by atoms with Crippen LogP contribution in [0, 0.1) is 32.8 Å². The van der Waals surface area contributed by atoms with Crippen molar-refractivity contribution in [2.75, 3.05) is 11.2 Å². The van der Waals surface area contributed by atoms with Crippen molar-refractivity contribution >= 4 is 33.3 Å². The number of nitro groups is 1. The van der Waals surface area contributed by atoms with Gasteiger partial charge >= 0.3 is 18.3 Å². The lowest BCUT2D eigenvalue weighted by Gasteiger charge is -2.48. The molecule has 45 heavy (non-hydrogen) atoms. The molecule has 0 saturated heterocycles. The number of nitro benzene ring substituents is 1. The molecule has 3 amide bonds. The van der Waals surface area contributed by atoms with Crippen molar-refractivity contribution < 1.29 is 41.2 Å². The van der Waals surface area contributed by atoms with Gasteiger partial charge in [-0.2, -0.15) is 23.7 Å². The second-order valence-corrected chi connectivity index (χ2v) is 11.9. The maximum absolute atomic E-state index is 14.3. The molecule has 0 spiro atoms. The number of benzene rings is 3. The Balaban J connectivity index is 2.21. The first-order chi connectivity index (χ1) is 21.0. The van der Waals surface area contributed by atoms with Gasteiger partial charge in [0.05, 0.1) is 45.2 Å². The molecule has 230 valence electrons. The average Bonchev–Trinajstić information content (AvgIpc) is 2.95. The topological polar surface area (TPSA) is 186 Å². The number of urea groups is 1. The molecule has 0 aromatic heterocycles. The van der Waals surface area contributed by atoms with Gasteiger partial charge in [-0.05, 0) is 54.4 Å². The molecule has 3 aromatic carbocycles. The van der Waals surface area contributed by atoms with Gasteiger partial charge in [-0.3, -0.25) is 15.0 Å². The summed E-state index contributed by atoms with van der Waals surface area (Å²) in [5.41, 5.74) is -5.25. The Morgan fingerprint density at radius 2 is 1.71 bits per heavy atom. The standard InChI is InChI=1S/C29H20F3N5O7S/c1-17-24(16-34)29(20-7-9-21(10-8-20)37(41)42,23-11-6-19(15-33)13-25(23)45(2,43)44)36(27(39)40)26(38)35(17)22-5-3-4-18(12-22)14-28(30,31)32/h3-13H,14H2,1-2H3,(H,39,40)/t29-/m1/s1. The van der Waals surface area contributed by atoms with Crippen LogP contribution in [-0.4, -0.2) is 47.9 Å². The first kappa shape index (κ1) is 32.2. The van der Waals surface area contributed by atoms with E-state index in [0.717, 1.165) is 60.9 Å². The van der Waals surface area contributed by atoms with E-state index in [2.05, 4.69) is 0 Å². The predicted octanol–water partition coefficient (Wildman–Crippen LogP) is 5.64. The van der Waals surface area contributed by atoms with Crippen molar-refractivity contribution in [3.8, 4) is 12.1 Å². The van der Waals surface area contributed by atoms with E-state index in [1.165, 1.54) is 19.1 Å². The van der Waals surface area contributed by atoms with E-state index in [0.29, 0.717) is 4.90 Å². The highest BCUT2D eigenvalue weighted by Crippen LogP contribution is 2.50. The molecule has 0 aliphatic carbocycles. The summed E-state index contributed by atoms with van der Waals surface area (Å²) in [4.78, 5) is 38.2. The van der Waals surface area contributed by atoms with Gasteiger partial charge in [-0.1, -0.05) is 18.2 Å². The SMILES string of the molecule is CC1=C(C#N)[C@@](c2ccc([N+](=O)[O-])cc2)(c2ccc(C#N)cc2S(C)(=O)=O)N(C(=O)O)C(=O)N1c1cccc(CC(F)(F)F)c1. The summed E-state index contributed by atoms with van der Waals surface area (Å²) in [5, 5.41) is 42.0. The van der Waals surface area contributed by atoms with Crippen molar-refractivity contribution in [1.82, 2.24) is 4.90 Å². The zero-order valence-corrected chi connectivity index (χ0v) is 24.0. The molecule has 1 heterocycles. The minimum Gasteiger partial charge on any atom is -0.465 e. The van der Waals surface area contributed by atoms with Crippen LogP contribution in [0.25, 0.3) is 0 Å². The summed E-state index contributed by atoms with van der Waals surface area (Å²) >= 11 is 0. The Kier molecular flexibility index (Phi) is 8.15. The lowest BCUT2D eigenvalue weighted by Crippen LogP contribution is -2.62. The Hall–Kier alpha value is -5.74. The van der Waals surface area contributed by atoms with Crippen LogP contribution in [-0.2, 0) is 21.8 Å². The van der Waals surface area contributed by atoms with Gasteiger partial charge in [0.25, 0.3) is 5.69 Å². The van der Waals surface area contributed by atoms with Crippen LogP contribution in [0.5, 0.6) is 0 Å². The maximum Gasteiger partial charge on any atom is 0.416 e. The third-order valence-electron chi connectivity index (χ3n) is 7.05. The van der Waals surface area contributed by atoms with Crippen LogP contribution < -0.4 is 4.90 Å². The van der Waals surface area contributed by atoms with E-state index in [4.69, 9.17) is 0 Å². The highest BCUT2D eigenvalue weighted by Gasteiger charge is 2.57. The number of sulfone groups is 1. The number of amides is 3. The number of hydrogen-bond acceptors (Lipinski definition) is 8. The number of rotatable bonds is 6. The van der Waals surface area contributed by atoms with Crippen LogP contribution in [0.2, 0.25) is 0 Å². The van der Waals surface area contributed by atoms with Crippen LogP contribution >= 0.6 is 0 Å². The summed E-state index contributed by atoms with van der Waals surface area (Å²) in [6.07, 6.45) is -7.25. The minimum absolute atomic E-state index is 0.145. The van der Waals surface area contributed by atoms with Gasteiger partial charge in [0.15, 0.2) is 9.84 Å². The monoisotopic (exact) mass is 639 g/mol. The Morgan fingerprint density at radius 3 is 2.22 bits per heavy atom. The summed E-state index contributed by atoms with van der Waals surface area (Å²) in [6, 6.07) is 13.9. The third kappa shape index (κ3) is 5.66. The average molecular weight is 640 g/mol. The van der Waals surface area contributed by atoms with Crippen molar-refractivity contribution in [3.05, 3.63) is 110 Å². The molecule has 16 heteroatoms. The molecule has 0 unspecified atom stereocenters. The molecule has 0 radical (unpaired) electrons. The number of hydrogen-bond donors (Lipinski definition) is 1. The number of imide groups is 1. The van der Waals surface area contributed by atoms with Gasteiger partial charge in [-0.15, -0.1) is 0 Å². The second kappa shape index (κ2) is 11.4. The summed E-state index contributed by atoms with van der Waals surface area (Å²) < 4.78 is 65.7. The first-order valence-corrected chi connectivity index (χ1v) is 14.5. The molecule has 1 aliphatic heterocycles. The number of nitrogens with zero attached hydrogens (tertiary/aromatic N) is 5. The van der Waals surface area contributed by atoms with E-state index in [9.17, 15) is 56.9 Å². The molecule has 3 aromatic rings. The molecule has 1 N–H and O–H groups in total. The Labute approximate surface area is 253 Å². The molecule has 0 bridgehead atoms. The molecular formula is C29H20F3N5O7S. The summed E-state index contributed by atoms with van der Waals surface area (Å²) in [6.45, 7) is 1.22. The van der Waals surface area contributed by atoms with E-state index in [1.807, 2.05) is 6.07 Å². The molecule has 4 rings (SSSR count). The van der Waals surface area contributed by atoms with E-state index in [1.54, 1.807) is 6.07 Å². The minimum atomic E-state index is -4.62. The van der Waals surface area contributed by atoms with E-state index in [-0.39, 0.29) is 33.0 Å². The third-order valence-corrected chi connectivity index (χ3v) is 8.19. The first-order valence-electron chi connectivity index (χ1n) is 12.6. The lowest BCUT2D eigenvalue weighted by atomic mass is 9.73. The smallest absolute Gasteiger partial charge is 0.416 e. The second-order valence-electron chi connectivity index (χ2n) is 9.88. The lowest BCUT2D eigenvalue weighted by molar-refractivity contribution is -0.384. The number of carboxylic acid groups (broad SMARTS) is 1. The number of alkyl halides is 3. The van der Waals surface area contributed by atoms with Gasteiger partial charge in [0, 0.05) is 29.6 Å². The Morgan fingerprint density at radius 1 is 1.07 bits per heavy atom. The van der Waals surface area contributed by atoms with Gasteiger partial charge in [-0.25, -0.2) is 22.9 Å². The fourth-order valence-corrected chi connectivity index (χ4v) is 6.26. The number of allylic oxidation sites excluding steroid dienone is 1. The molecule has 1 aliphatic rings. The normalized spacial score (nSPS) is 17.1. The predicted molar refractivity (Wildman–Crippen MR) is 150 cm³/mol. The number of non-ortho nitro benzene ring substituents is 1. The van der Waals surface area contributed by atoms with Gasteiger partial charge < -0.3 is 5.11 Å². The van der Waals surface area contributed by atoms with E-state index >= 15 is 0 Å². The Bertz CT molecular complexity index is 1980. The quantitative estimate of drug-likeness (QED) is 0.263. The van der Waals surface area contributed by atoms with Crippen LogP contribution in [0.1, 0.15) is 29.2 Å². The fourth-order valence-electron chi connectivity index (χ4n) is 5.31. The number of carbonyl (C=O) groups excluding carboxylic acids is 1. The summed E-state index contributed by atoms with van der Waals surface area (Å²) in [5.74, 6) is 0. The van der Waals surface area contributed by atoms with Crippen molar-refractivity contribution in [3.63, 3.8) is 0 Å². The van der Waals surface area contributed by atoms with Gasteiger partial charge in [0.1, 0.15) is 5.54 Å². The number of anilines is 1. The van der Waals surface area contributed by atoms with Gasteiger partial charge in [0.2, 0.25) is 0 Å². The number of carbonyl (C=O) groups is 2. The van der Waals surface area contributed by atoms with E-state index < -0.39 is 66.7 Å². The molecule has 0 fully saturated rings. The van der Waals surface area contributed by atoms with Crippen LogP contribution in [0.4, 0.5) is 34.1 Å². The number of halogens is 3. The molecule has 12 nitrogen and oxygen atoms in total. The zero-order valence-electron chi connectivity index (χ0n) is 23.2. The largest absolute Gasteiger partial charge is 0.465 e. The summed E-state index contributed by atoms with van der Waals surface area (Å²) in [7, 11) is -4.33. The van der Waals surface area contributed by atoms with Crippen molar-refractivity contribution in [2.24, 2.45) is 0 Å². The van der Waals surface area contributed by atoms with Crippen LogP contribution in [0.15, 0.2) is 82.9 Å². The van der Waals surface area contributed by atoms with Crippen LogP contribution in [0.3, 0.4) is 0 Å². The molecule has 1 atom stereocenters. The highest BCUT2D eigenvalue weighted by molar-refractivity contribution is 7.90. The van der Waals surface area contributed by atoms with Crippen molar-refractivity contribution in [2.45, 2.75) is 30.0 Å². The fraction of sp³-hybridized carbons (Fsp3) is 0.172. The zero-order chi connectivity index (χ0) is 33.5. The maximum atomic E-state index is 14.3. The molecule has 0 saturated carbocycles.